The van der Waals surface area contributed by atoms with Crippen molar-refractivity contribution in [1.29, 1.82) is 0 Å². The third-order valence-electron chi connectivity index (χ3n) is 4.30. The van der Waals surface area contributed by atoms with Crippen LogP contribution >= 0.6 is 0 Å². The fourth-order valence-corrected chi connectivity index (χ4v) is 3.05. The first-order chi connectivity index (χ1) is 10.7. The van der Waals surface area contributed by atoms with E-state index in [-0.39, 0.29) is 11.9 Å². The van der Waals surface area contributed by atoms with E-state index in [2.05, 4.69) is 9.64 Å². The van der Waals surface area contributed by atoms with Gasteiger partial charge in [-0.3, -0.25) is 0 Å². The smallest absolute Gasteiger partial charge is 0.340 e. The zero-order valence-electron chi connectivity index (χ0n) is 12.6. The Morgan fingerprint density at radius 2 is 1.95 bits per heavy atom. The fourth-order valence-electron chi connectivity index (χ4n) is 3.05. The van der Waals surface area contributed by atoms with E-state index in [9.17, 15) is 9.18 Å². The fraction of sp³-hybridized carbons (Fsp3) is 0.562. The van der Waals surface area contributed by atoms with Crippen molar-refractivity contribution in [1.82, 2.24) is 0 Å². The molecule has 2 aliphatic heterocycles. The van der Waals surface area contributed by atoms with E-state index >= 15 is 0 Å². The molecule has 3 rings (SSSR count). The number of halogens is 1. The number of anilines is 1. The van der Waals surface area contributed by atoms with E-state index < -0.39 is 11.8 Å². The van der Waals surface area contributed by atoms with Crippen LogP contribution in [0.15, 0.2) is 18.2 Å². The molecule has 0 aliphatic carbocycles. The number of rotatable bonds is 3. The molecule has 0 bridgehead atoms. The average molecular weight is 309 g/mol. The van der Waals surface area contributed by atoms with Crippen molar-refractivity contribution in [3.8, 4) is 0 Å². The average Bonchev–Trinajstić information content (AvgIpc) is 3.08. The van der Waals surface area contributed by atoms with Crippen LogP contribution in [0.25, 0.3) is 0 Å². The van der Waals surface area contributed by atoms with E-state index in [1.165, 1.54) is 19.2 Å². The lowest BCUT2D eigenvalue weighted by molar-refractivity contribution is -0.0889. The summed E-state index contributed by atoms with van der Waals surface area (Å²) in [5.41, 5.74) is 0.755. The van der Waals surface area contributed by atoms with Gasteiger partial charge in [-0.15, -0.1) is 0 Å². The first-order valence-corrected chi connectivity index (χ1v) is 7.55. The Morgan fingerprint density at radius 1 is 1.27 bits per heavy atom. The summed E-state index contributed by atoms with van der Waals surface area (Å²) in [7, 11) is 1.24. The topological polar surface area (TPSA) is 48.0 Å². The summed E-state index contributed by atoms with van der Waals surface area (Å²) in [5.74, 6) is -0.801. The lowest BCUT2D eigenvalue weighted by Crippen LogP contribution is -2.38. The summed E-state index contributed by atoms with van der Waals surface area (Å²) >= 11 is 0. The van der Waals surface area contributed by atoms with E-state index in [1.807, 2.05) is 0 Å². The number of ether oxygens (including phenoxy) is 3. The van der Waals surface area contributed by atoms with Crippen LogP contribution in [-0.4, -0.2) is 45.7 Å². The first kappa shape index (κ1) is 15.2. The van der Waals surface area contributed by atoms with Gasteiger partial charge in [0.1, 0.15) is 5.82 Å². The normalized spacial score (nSPS) is 20.4. The van der Waals surface area contributed by atoms with Gasteiger partial charge in [0.05, 0.1) is 25.9 Å². The second-order valence-corrected chi connectivity index (χ2v) is 5.59. The molecule has 0 radical (unpaired) electrons. The van der Waals surface area contributed by atoms with Gasteiger partial charge in [0.25, 0.3) is 0 Å². The Morgan fingerprint density at radius 3 is 2.55 bits per heavy atom. The first-order valence-electron chi connectivity index (χ1n) is 7.55. The number of benzene rings is 1. The molecule has 1 aromatic rings. The molecule has 22 heavy (non-hydrogen) atoms. The Hall–Kier alpha value is -1.66. The van der Waals surface area contributed by atoms with Crippen molar-refractivity contribution in [2.75, 3.05) is 38.3 Å². The van der Waals surface area contributed by atoms with Crippen LogP contribution in [0.3, 0.4) is 0 Å². The Balaban J connectivity index is 1.63. The minimum Gasteiger partial charge on any atom is -0.465 e. The van der Waals surface area contributed by atoms with E-state index in [1.54, 1.807) is 6.07 Å². The maximum atomic E-state index is 14.0. The van der Waals surface area contributed by atoms with Gasteiger partial charge in [-0.05, 0) is 31.0 Å². The van der Waals surface area contributed by atoms with Crippen molar-refractivity contribution >= 4 is 11.7 Å². The second kappa shape index (κ2) is 6.62. The number of nitrogens with zero attached hydrogens (tertiary/aromatic N) is 1. The molecule has 0 N–H and O–H groups in total. The number of esters is 1. The van der Waals surface area contributed by atoms with Crippen LogP contribution in [0.2, 0.25) is 0 Å². The lowest BCUT2D eigenvalue weighted by Gasteiger charge is -2.35. The zero-order valence-corrected chi connectivity index (χ0v) is 12.6. The summed E-state index contributed by atoms with van der Waals surface area (Å²) in [5, 5.41) is 0. The molecule has 0 spiro atoms. The Kier molecular flexibility index (Phi) is 4.59. The molecule has 0 atom stereocenters. The molecular formula is C16H20FNO4. The van der Waals surface area contributed by atoms with E-state index in [0.717, 1.165) is 31.6 Å². The highest BCUT2D eigenvalue weighted by Gasteiger charge is 2.30. The standard InChI is InChI=1S/C16H20FNO4/c1-20-15(19)13-3-2-12(10-14(13)17)18-6-4-11(5-7-18)16-21-8-9-22-16/h2-3,10-11,16H,4-9H2,1H3. The van der Waals surface area contributed by atoms with Gasteiger partial charge in [0.15, 0.2) is 6.29 Å². The molecule has 120 valence electrons. The van der Waals surface area contributed by atoms with Crippen molar-refractivity contribution in [2.24, 2.45) is 5.92 Å². The minimum atomic E-state index is -0.654. The van der Waals surface area contributed by atoms with Crippen molar-refractivity contribution < 1.29 is 23.4 Å². The van der Waals surface area contributed by atoms with Gasteiger partial charge >= 0.3 is 5.97 Å². The van der Waals surface area contributed by atoms with Crippen molar-refractivity contribution in [3.63, 3.8) is 0 Å². The predicted octanol–water partition coefficient (Wildman–Crippen LogP) is 2.20. The van der Waals surface area contributed by atoms with Crippen LogP contribution < -0.4 is 4.90 Å². The molecule has 2 aliphatic rings. The maximum Gasteiger partial charge on any atom is 0.340 e. The summed E-state index contributed by atoms with van der Waals surface area (Å²) < 4.78 is 29.7. The molecule has 0 amide bonds. The minimum absolute atomic E-state index is 0.0334. The molecule has 2 heterocycles. The molecular weight excluding hydrogens is 289 g/mol. The zero-order chi connectivity index (χ0) is 15.5. The predicted molar refractivity (Wildman–Crippen MR) is 78.4 cm³/mol. The van der Waals surface area contributed by atoms with Crippen LogP contribution in [0.4, 0.5) is 10.1 Å². The van der Waals surface area contributed by atoms with Crippen LogP contribution in [0.5, 0.6) is 0 Å². The van der Waals surface area contributed by atoms with Crippen molar-refractivity contribution in [3.05, 3.63) is 29.6 Å². The number of hydrogen-bond acceptors (Lipinski definition) is 5. The molecule has 2 saturated heterocycles. The third kappa shape index (κ3) is 3.08. The third-order valence-corrected chi connectivity index (χ3v) is 4.30. The highest BCUT2D eigenvalue weighted by Crippen LogP contribution is 2.29. The van der Waals surface area contributed by atoms with Crippen LogP contribution in [0.1, 0.15) is 23.2 Å². The number of hydrogen-bond donors (Lipinski definition) is 0. The molecule has 6 heteroatoms. The van der Waals surface area contributed by atoms with E-state index in [0.29, 0.717) is 19.1 Å². The molecule has 0 saturated carbocycles. The number of carbonyl (C=O) groups excluding carboxylic acids is 1. The van der Waals surface area contributed by atoms with Gasteiger partial charge in [0.2, 0.25) is 0 Å². The van der Waals surface area contributed by atoms with E-state index in [4.69, 9.17) is 9.47 Å². The highest BCUT2D eigenvalue weighted by atomic mass is 19.1. The molecule has 0 unspecified atom stereocenters. The molecule has 2 fully saturated rings. The van der Waals surface area contributed by atoms with Crippen LogP contribution in [-0.2, 0) is 14.2 Å². The number of methoxy groups -OCH3 is 1. The van der Waals surface area contributed by atoms with Gasteiger partial charge < -0.3 is 19.1 Å². The van der Waals surface area contributed by atoms with Gasteiger partial charge in [-0.2, -0.15) is 0 Å². The lowest BCUT2D eigenvalue weighted by atomic mass is 9.95. The van der Waals surface area contributed by atoms with Gasteiger partial charge in [-0.25, -0.2) is 9.18 Å². The Labute approximate surface area is 128 Å². The molecule has 0 aromatic heterocycles. The number of carbonyl (C=O) groups is 1. The highest BCUT2D eigenvalue weighted by molar-refractivity contribution is 5.90. The Bertz CT molecular complexity index is 537. The van der Waals surface area contributed by atoms with Gasteiger partial charge in [-0.1, -0.05) is 0 Å². The summed E-state index contributed by atoms with van der Waals surface area (Å²) in [6.07, 6.45) is 1.82. The SMILES string of the molecule is COC(=O)c1ccc(N2CCC(C3OCCO3)CC2)cc1F. The molecule has 1 aromatic carbocycles. The summed E-state index contributed by atoms with van der Waals surface area (Å²) in [6, 6.07) is 4.64. The largest absolute Gasteiger partial charge is 0.465 e. The van der Waals surface area contributed by atoms with Crippen molar-refractivity contribution in [2.45, 2.75) is 19.1 Å². The number of piperidine rings is 1. The summed E-state index contributed by atoms with van der Waals surface area (Å²) in [6.45, 7) is 2.99. The molecule has 5 nitrogen and oxygen atoms in total. The van der Waals surface area contributed by atoms with Gasteiger partial charge in [0, 0.05) is 24.7 Å². The quantitative estimate of drug-likeness (QED) is 0.801. The summed E-state index contributed by atoms with van der Waals surface area (Å²) in [4.78, 5) is 13.5. The second-order valence-electron chi connectivity index (χ2n) is 5.59. The van der Waals surface area contributed by atoms with Crippen LogP contribution in [0, 0.1) is 11.7 Å². The maximum absolute atomic E-state index is 14.0. The monoisotopic (exact) mass is 309 g/mol.